The first-order valence-corrected chi connectivity index (χ1v) is 12.6. The molecule has 3 fully saturated rings. The van der Waals surface area contributed by atoms with Crippen molar-refractivity contribution in [3.8, 4) is 0 Å². The second-order valence-electron chi connectivity index (χ2n) is 11.3. The lowest BCUT2D eigenvalue weighted by atomic mass is 9.60. The SMILES string of the molecule is CC1CCC2CC(C3CCC(C4CCc5c(cc(F)c(F)c5F)C4)CC3)CCC2C1. The molecule has 0 aliphatic heterocycles. The van der Waals surface area contributed by atoms with Crippen molar-refractivity contribution in [2.45, 2.75) is 90.4 Å². The third-order valence-electron chi connectivity index (χ3n) is 9.67. The van der Waals surface area contributed by atoms with Crippen molar-refractivity contribution < 1.29 is 13.2 Å². The van der Waals surface area contributed by atoms with E-state index in [1.807, 2.05) is 0 Å². The largest absolute Gasteiger partial charge is 0.204 e. The lowest BCUT2D eigenvalue weighted by Gasteiger charge is -2.45. The molecule has 0 spiro atoms. The molecule has 0 heterocycles. The van der Waals surface area contributed by atoms with Gasteiger partial charge in [0.05, 0.1) is 0 Å². The lowest BCUT2D eigenvalue weighted by Crippen LogP contribution is -2.35. The van der Waals surface area contributed by atoms with Gasteiger partial charge in [0.2, 0.25) is 0 Å². The van der Waals surface area contributed by atoms with Crippen LogP contribution in [0.1, 0.15) is 88.7 Å². The summed E-state index contributed by atoms with van der Waals surface area (Å²) < 4.78 is 41.4. The van der Waals surface area contributed by atoms with Crippen molar-refractivity contribution in [2.75, 3.05) is 0 Å². The summed E-state index contributed by atoms with van der Waals surface area (Å²) in [6.45, 7) is 2.44. The molecule has 0 bridgehead atoms. The molecular weight excluding hydrogens is 381 g/mol. The number of halogens is 3. The van der Waals surface area contributed by atoms with Gasteiger partial charge in [-0.3, -0.25) is 0 Å². The summed E-state index contributed by atoms with van der Waals surface area (Å²) in [6, 6.07) is 1.26. The molecule has 0 radical (unpaired) electrons. The van der Waals surface area contributed by atoms with E-state index in [-0.39, 0.29) is 0 Å². The van der Waals surface area contributed by atoms with E-state index < -0.39 is 17.5 Å². The molecule has 0 aromatic heterocycles. The summed E-state index contributed by atoms with van der Waals surface area (Å²) in [5.74, 6) is 2.72. The molecule has 5 rings (SSSR count). The molecular formula is C27H37F3. The van der Waals surface area contributed by atoms with Crippen LogP contribution in [0, 0.1) is 58.9 Å². The number of hydrogen-bond acceptors (Lipinski definition) is 0. The van der Waals surface area contributed by atoms with Crippen LogP contribution in [0.15, 0.2) is 6.07 Å². The van der Waals surface area contributed by atoms with Gasteiger partial charge in [-0.15, -0.1) is 0 Å². The molecule has 1 aromatic carbocycles. The molecule has 166 valence electrons. The first kappa shape index (κ1) is 20.9. The van der Waals surface area contributed by atoms with Crippen LogP contribution in [0.4, 0.5) is 13.2 Å². The summed E-state index contributed by atoms with van der Waals surface area (Å²) >= 11 is 0. The summed E-state index contributed by atoms with van der Waals surface area (Å²) in [4.78, 5) is 0. The van der Waals surface area contributed by atoms with Gasteiger partial charge in [-0.05, 0) is 136 Å². The molecule has 0 N–H and O–H groups in total. The number of hydrogen-bond donors (Lipinski definition) is 0. The minimum absolute atomic E-state index is 0.428. The van der Waals surface area contributed by atoms with Gasteiger partial charge in [0.15, 0.2) is 17.5 Å². The normalized spacial score (nSPS) is 39.3. The fraction of sp³-hybridized carbons (Fsp3) is 0.778. The third-order valence-corrected chi connectivity index (χ3v) is 9.67. The average molecular weight is 419 g/mol. The molecule has 5 unspecified atom stereocenters. The van der Waals surface area contributed by atoms with Crippen molar-refractivity contribution >= 4 is 0 Å². The van der Waals surface area contributed by atoms with E-state index in [4.69, 9.17) is 0 Å². The van der Waals surface area contributed by atoms with Gasteiger partial charge in [-0.1, -0.05) is 13.3 Å². The van der Waals surface area contributed by atoms with Crippen LogP contribution in [-0.4, -0.2) is 0 Å². The summed E-state index contributed by atoms with van der Waals surface area (Å²) in [5, 5.41) is 0. The highest BCUT2D eigenvalue weighted by Gasteiger charge is 2.39. The molecule has 30 heavy (non-hydrogen) atoms. The maximum Gasteiger partial charge on any atom is 0.194 e. The number of rotatable bonds is 2. The Morgan fingerprint density at radius 2 is 1.20 bits per heavy atom. The van der Waals surface area contributed by atoms with Crippen LogP contribution in [-0.2, 0) is 12.8 Å². The molecule has 4 aliphatic rings. The van der Waals surface area contributed by atoms with Gasteiger partial charge in [-0.2, -0.15) is 0 Å². The minimum Gasteiger partial charge on any atom is -0.204 e. The zero-order valence-electron chi connectivity index (χ0n) is 18.4. The van der Waals surface area contributed by atoms with Crippen LogP contribution in [0.2, 0.25) is 0 Å². The molecule has 3 saturated carbocycles. The second-order valence-corrected chi connectivity index (χ2v) is 11.3. The molecule has 4 aliphatic carbocycles. The van der Waals surface area contributed by atoms with E-state index in [0.717, 1.165) is 48.0 Å². The maximum atomic E-state index is 14.1. The van der Waals surface area contributed by atoms with E-state index in [1.54, 1.807) is 0 Å². The van der Waals surface area contributed by atoms with Crippen molar-refractivity contribution in [1.29, 1.82) is 0 Å². The van der Waals surface area contributed by atoms with Gasteiger partial charge >= 0.3 is 0 Å². The Kier molecular flexibility index (Phi) is 5.92. The Morgan fingerprint density at radius 3 is 1.93 bits per heavy atom. The summed E-state index contributed by atoms with van der Waals surface area (Å²) in [6.07, 6.45) is 16.2. The zero-order chi connectivity index (χ0) is 20.8. The third kappa shape index (κ3) is 3.95. The van der Waals surface area contributed by atoms with Crippen LogP contribution in [0.3, 0.4) is 0 Å². The topological polar surface area (TPSA) is 0 Å². The quantitative estimate of drug-likeness (QED) is 0.429. The predicted octanol–water partition coefficient (Wildman–Crippen LogP) is 7.87. The first-order valence-electron chi connectivity index (χ1n) is 12.6. The fourth-order valence-electron chi connectivity index (χ4n) is 7.93. The Labute approximate surface area is 180 Å². The Bertz CT molecular complexity index is 764. The standard InChI is InChI=1S/C27H37F3/c1-16-2-3-22-13-20(9-8-19(22)12-16)17-4-6-18(7-5-17)21-10-11-24-23(14-21)15-25(28)27(30)26(24)29/h15-22H,2-14H2,1H3. The minimum atomic E-state index is -1.30. The zero-order valence-corrected chi connectivity index (χ0v) is 18.4. The van der Waals surface area contributed by atoms with Gasteiger partial charge in [0.25, 0.3) is 0 Å². The fourth-order valence-corrected chi connectivity index (χ4v) is 7.93. The number of benzene rings is 1. The van der Waals surface area contributed by atoms with Crippen LogP contribution >= 0.6 is 0 Å². The molecule has 3 heteroatoms. The van der Waals surface area contributed by atoms with Crippen LogP contribution < -0.4 is 0 Å². The maximum absolute atomic E-state index is 14.1. The van der Waals surface area contributed by atoms with Crippen molar-refractivity contribution in [1.82, 2.24) is 0 Å². The lowest BCUT2D eigenvalue weighted by molar-refractivity contribution is 0.0574. The monoisotopic (exact) mass is 418 g/mol. The molecule has 0 nitrogen and oxygen atoms in total. The first-order chi connectivity index (χ1) is 14.5. The van der Waals surface area contributed by atoms with E-state index in [2.05, 4.69) is 6.92 Å². The average Bonchev–Trinajstić information content (AvgIpc) is 2.77. The van der Waals surface area contributed by atoms with E-state index >= 15 is 0 Å². The van der Waals surface area contributed by atoms with Crippen LogP contribution in [0.5, 0.6) is 0 Å². The highest BCUT2D eigenvalue weighted by Crippen LogP contribution is 2.50. The van der Waals surface area contributed by atoms with Gasteiger partial charge < -0.3 is 0 Å². The Hall–Kier alpha value is -0.990. The van der Waals surface area contributed by atoms with Crippen molar-refractivity contribution in [3.05, 3.63) is 34.6 Å². The van der Waals surface area contributed by atoms with E-state index in [9.17, 15) is 13.2 Å². The van der Waals surface area contributed by atoms with Crippen molar-refractivity contribution in [2.24, 2.45) is 41.4 Å². The van der Waals surface area contributed by atoms with Gasteiger partial charge in [0, 0.05) is 0 Å². The van der Waals surface area contributed by atoms with Crippen molar-refractivity contribution in [3.63, 3.8) is 0 Å². The summed E-state index contributed by atoms with van der Waals surface area (Å²) in [5.41, 5.74) is 1.15. The molecule has 5 atom stereocenters. The van der Waals surface area contributed by atoms with E-state index in [0.29, 0.717) is 23.8 Å². The smallest absolute Gasteiger partial charge is 0.194 e. The van der Waals surface area contributed by atoms with Gasteiger partial charge in [-0.25, -0.2) is 13.2 Å². The number of fused-ring (bicyclic) bond motifs is 2. The Morgan fingerprint density at radius 1 is 0.633 bits per heavy atom. The molecule has 0 saturated heterocycles. The highest BCUT2D eigenvalue weighted by atomic mass is 19.2. The highest BCUT2D eigenvalue weighted by molar-refractivity contribution is 5.33. The van der Waals surface area contributed by atoms with Gasteiger partial charge in [0.1, 0.15) is 0 Å². The second kappa shape index (κ2) is 8.51. The van der Waals surface area contributed by atoms with Crippen LogP contribution in [0.25, 0.3) is 0 Å². The molecule has 0 amide bonds. The summed E-state index contributed by atoms with van der Waals surface area (Å²) in [7, 11) is 0. The van der Waals surface area contributed by atoms with E-state index in [1.165, 1.54) is 70.3 Å². The Balaban J connectivity index is 1.16. The molecule has 1 aromatic rings. The predicted molar refractivity (Wildman–Crippen MR) is 115 cm³/mol.